The Balaban J connectivity index is 4.43. The molecule has 0 spiro atoms. The molecular formula is C10H25N3O3S. The zero-order chi connectivity index (χ0) is 13.5. The van der Waals surface area contributed by atoms with Gasteiger partial charge in [-0.2, -0.15) is 17.9 Å². The molecule has 0 aromatic carbocycles. The van der Waals surface area contributed by atoms with Gasteiger partial charge in [0.15, 0.2) is 0 Å². The van der Waals surface area contributed by atoms with Crippen molar-refractivity contribution in [3.05, 3.63) is 0 Å². The summed E-state index contributed by atoms with van der Waals surface area (Å²) < 4.78 is 33.3. The second kappa shape index (κ2) is 7.27. The van der Waals surface area contributed by atoms with Gasteiger partial charge in [-0.05, 0) is 18.4 Å². The first kappa shape index (κ1) is 16.8. The van der Waals surface area contributed by atoms with E-state index in [1.54, 1.807) is 0 Å². The molecule has 0 aliphatic carbocycles. The van der Waals surface area contributed by atoms with Crippen LogP contribution in [0.2, 0.25) is 0 Å². The van der Waals surface area contributed by atoms with Crippen LogP contribution in [0.5, 0.6) is 0 Å². The summed E-state index contributed by atoms with van der Waals surface area (Å²) in [5.74, 6) is 0. The van der Waals surface area contributed by atoms with E-state index < -0.39 is 10.2 Å². The summed E-state index contributed by atoms with van der Waals surface area (Å²) in [6.45, 7) is 6.98. The minimum absolute atomic E-state index is 0.171. The van der Waals surface area contributed by atoms with E-state index in [-0.39, 0.29) is 18.0 Å². The summed E-state index contributed by atoms with van der Waals surface area (Å²) in [5.41, 5.74) is 5.32. The van der Waals surface area contributed by atoms with Gasteiger partial charge in [0, 0.05) is 19.7 Å². The van der Waals surface area contributed by atoms with Crippen molar-refractivity contribution in [3.8, 4) is 0 Å². The lowest BCUT2D eigenvalue weighted by Gasteiger charge is -2.31. The summed E-state index contributed by atoms with van der Waals surface area (Å²) in [6, 6.07) is -0.187. The molecule has 0 aromatic heterocycles. The Morgan fingerprint density at radius 2 is 1.94 bits per heavy atom. The second-order valence-electron chi connectivity index (χ2n) is 5.00. The predicted molar refractivity (Wildman–Crippen MR) is 68.8 cm³/mol. The predicted octanol–water partition coefficient (Wildman–Crippen LogP) is -0.180. The SMILES string of the molecule is COCCNS(=O)(=O)NC(CCN)C(C)(C)C. The fraction of sp³-hybridized carbons (Fsp3) is 1.00. The summed E-state index contributed by atoms with van der Waals surface area (Å²) in [5, 5.41) is 0. The van der Waals surface area contributed by atoms with Crippen molar-refractivity contribution in [1.82, 2.24) is 9.44 Å². The third kappa shape index (κ3) is 7.67. The van der Waals surface area contributed by atoms with Gasteiger partial charge in [-0.1, -0.05) is 20.8 Å². The smallest absolute Gasteiger partial charge is 0.277 e. The van der Waals surface area contributed by atoms with Crippen molar-refractivity contribution in [1.29, 1.82) is 0 Å². The number of ether oxygens (including phenoxy) is 1. The Morgan fingerprint density at radius 1 is 1.35 bits per heavy atom. The molecule has 0 heterocycles. The van der Waals surface area contributed by atoms with Crippen LogP contribution in [0.1, 0.15) is 27.2 Å². The van der Waals surface area contributed by atoms with Gasteiger partial charge in [0.1, 0.15) is 0 Å². The van der Waals surface area contributed by atoms with E-state index >= 15 is 0 Å². The first-order valence-electron chi connectivity index (χ1n) is 5.69. The molecule has 0 bridgehead atoms. The number of nitrogens with two attached hydrogens (primary N) is 1. The first-order chi connectivity index (χ1) is 7.73. The Hall–Kier alpha value is -0.210. The van der Waals surface area contributed by atoms with E-state index in [1.807, 2.05) is 20.8 Å². The van der Waals surface area contributed by atoms with E-state index in [2.05, 4.69) is 9.44 Å². The number of rotatable bonds is 8. The van der Waals surface area contributed by atoms with Crippen LogP contribution in [0.15, 0.2) is 0 Å². The molecule has 0 aliphatic heterocycles. The number of hydrogen-bond acceptors (Lipinski definition) is 4. The van der Waals surface area contributed by atoms with Crippen LogP contribution in [0, 0.1) is 5.41 Å². The van der Waals surface area contributed by atoms with Gasteiger partial charge in [-0.15, -0.1) is 0 Å². The van der Waals surface area contributed by atoms with E-state index in [9.17, 15) is 8.42 Å². The number of nitrogens with one attached hydrogen (secondary N) is 2. The lowest BCUT2D eigenvalue weighted by atomic mass is 9.85. The third-order valence-corrected chi connectivity index (χ3v) is 3.58. The Kier molecular flexibility index (Phi) is 7.18. The average molecular weight is 267 g/mol. The van der Waals surface area contributed by atoms with Gasteiger partial charge < -0.3 is 10.5 Å². The van der Waals surface area contributed by atoms with Crippen molar-refractivity contribution >= 4 is 10.2 Å². The molecule has 0 rings (SSSR count). The van der Waals surface area contributed by atoms with Gasteiger partial charge in [0.2, 0.25) is 0 Å². The topological polar surface area (TPSA) is 93.4 Å². The molecule has 0 fully saturated rings. The molecule has 104 valence electrons. The Labute approximate surface area is 104 Å². The minimum atomic E-state index is -3.49. The standard InChI is InChI=1S/C10H25N3O3S/c1-10(2,3)9(5-6-11)13-17(14,15)12-7-8-16-4/h9,12-13H,5-8,11H2,1-4H3. The van der Waals surface area contributed by atoms with Crippen LogP contribution >= 0.6 is 0 Å². The molecule has 0 saturated heterocycles. The highest BCUT2D eigenvalue weighted by molar-refractivity contribution is 7.87. The van der Waals surface area contributed by atoms with E-state index in [0.29, 0.717) is 19.6 Å². The molecule has 6 nitrogen and oxygen atoms in total. The van der Waals surface area contributed by atoms with Crippen LogP contribution in [0.25, 0.3) is 0 Å². The summed E-state index contributed by atoms with van der Waals surface area (Å²) in [6.07, 6.45) is 0.606. The van der Waals surface area contributed by atoms with E-state index in [4.69, 9.17) is 10.5 Å². The van der Waals surface area contributed by atoms with Crippen molar-refractivity contribution in [2.75, 3.05) is 26.8 Å². The third-order valence-electron chi connectivity index (χ3n) is 2.40. The molecule has 0 aliphatic rings. The largest absolute Gasteiger partial charge is 0.383 e. The number of hydrogen-bond donors (Lipinski definition) is 3. The maximum Gasteiger partial charge on any atom is 0.277 e. The average Bonchev–Trinajstić information content (AvgIpc) is 2.15. The Bertz CT molecular complexity index is 298. The molecule has 0 saturated carbocycles. The molecular weight excluding hydrogens is 242 g/mol. The number of methoxy groups -OCH3 is 1. The van der Waals surface area contributed by atoms with Crippen molar-refractivity contribution in [2.24, 2.45) is 11.1 Å². The van der Waals surface area contributed by atoms with Gasteiger partial charge >= 0.3 is 0 Å². The van der Waals surface area contributed by atoms with E-state index in [0.717, 1.165) is 0 Å². The van der Waals surface area contributed by atoms with Crippen LogP contribution in [0.3, 0.4) is 0 Å². The monoisotopic (exact) mass is 267 g/mol. The van der Waals surface area contributed by atoms with Crippen molar-refractivity contribution < 1.29 is 13.2 Å². The minimum Gasteiger partial charge on any atom is -0.383 e. The van der Waals surface area contributed by atoms with Gasteiger partial charge in [-0.3, -0.25) is 0 Å². The molecule has 1 unspecified atom stereocenters. The molecule has 0 radical (unpaired) electrons. The molecule has 0 amide bonds. The summed E-state index contributed by atoms with van der Waals surface area (Å²) in [4.78, 5) is 0. The fourth-order valence-electron chi connectivity index (χ4n) is 1.34. The van der Waals surface area contributed by atoms with Crippen LogP contribution in [0.4, 0.5) is 0 Å². The van der Waals surface area contributed by atoms with E-state index in [1.165, 1.54) is 7.11 Å². The van der Waals surface area contributed by atoms with Crippen LogP contribution < -0.4 is 15.2 Å². The normalized spacial score (nSPS) is 14.9. The van der Waals surface area contributed by atoms with Crippen molar-refractivity contribution in [2.45, 2.75) is 33.2 Å². The lowest BCUT2D eigenvalue weighted by molar-refractivity contribution is 0.204. The zero-order valence-electron chi connectivity index (χ0n) is 11.1. The molecule has 17 heavy (non-hydrogen) atoms. The second-order valence-corrected chi connectivity index (χ2v) is 6.54. The van der Waals surface area contributed by atoms with Crippen LogP contribution in [-0.4, -0.2) is 41.3 Å². The highest BCUT2D eigenvalue weighted by atomic mass is 32.2. The lowest BCUT2D eigenvalue weighted by Crippen LogP contribution is -2.49. The van der Waals surface area contributed by atoms with Crippen LogP contribution in [-0.2, 0) is 14.9 Å². The highest BCUT2D eigenvalue weighted by Gasteiger charge is 2.27. The maximum absolute atomic E-state index is 11.7. The molecule has 4 N–H and O–H groups in total. The summed E-state index contributed by atoms with van der Waals surface area (Å²) >= 11 is 0. The van der Waals surface area contributed by atoms with Gasteiger partial charge in [0.05, 0.1) is 6.61 Å². The maximum atomic E-state index is 11.7. The molecule has 1 atom stereocenters. The summed E-state index contributed by atoms with van der Waals surface area (Å²) in [7, 11) is -1.97. The van der Waals surface area contributed by atoms with Gasteiger partial charge in [0.25, 0.3) is 10.2 Å². The fourth-order valence-corrected chi connectivity index (χ4v) is 2.62. The molecule has 0 aromatic rings. The van der Waals surface area contributed by atoms with Gasteiger partial charge in [-0.25, -0.2) is 0 Å². The zero-order valence-corrected chi connectivity index (χ0v) is 11.9. The Morgan fingerprint density at radius 3 is 2.35 bits per heavy atom. The highest BCUT2D eigenvalue weighted by Crippen LogP contribution is 2.21. The van der Waals surface area contributed by atoms with Crippen molar-refractivity contribution in [3.63, 3.8) is 0 Å². The first-order valence-corrected chi connectivity index (χ1v) is 7.17. The quantitative estimate of drug-likeness (QED) is 0.532. The molecule has 7 heteroatoms.